The average Bonchev–Trinajstić information content (AvgIpc) is 2.57. The zero-order chi connectivity index (χ0) is 17.5. The zero-order valence-corrected chi connectivity index (χ0v) is 14.6. The molecule has 1 amide bonds. The van der Waals surface area contributed by atoms with E-state index in [-0.39, 0.29) is 18.2 Å². The molecule has 0 fully saturated rings. The number of carbonyl (C=O) groups excluding carboxylic acids is 2. The molecule has 0 aliphatic heterocycles. The Morgan fingerprint density at radius 2 is 1.75 bits per heavy atom. The van der Waals surface area contributed by atoms with Gasteiger partial charge in [0.25, 0.3) is 5.91 Å². The van der Waals surface area contributed by atoms with E-state index in [1.54, 1.807) is 24.3 Å². The number of nitrogens with one attached hydrogen (secondary N) is 1. The van der Waals surface area contributed by atoms with E-state index >= 15 is 0 Å². The van der Waals surface area contributed by atoms with E-state index in [0.29, 0.717) is 17.2 Å². The number of Topliss-reactive ketones (excluding diaryl/α,β-unsaturated/α-hetero) is 1. The summed E-state index contributed by atoms with van der Waals surface area (Å²) in [6, 6.07) is 11.2. The minimum Gasteiger partial charge on any atom is -0.321 e. The highest BCUT2D eigenvalue weighted by Crippen LogP contribution is 2.21. The summed E-state index contributed by atoms with van der Waals surface area (Å²) in [6.45, 7) is 6.14. The Morgan fingerprint density at radius 3 is 2.33 bits per heavy atom. The molecule has 2 aromatic rings. The molecule has 1 N–H and O–H groups in total. The van der Waals surface area contributed by atoms with Crippen LogP contribution < -0.4 is 9.88 Å². The Morgan fingerprint density at radius 1 is 1.08 bits per heavy atom. The molecule has 2 rings (SSSR count). The lowest BCUT2D eigenvalue weighted by molar-refractivity contribution is -0.684. The minimum atomic E-state index is -0.115. The standard InChI is InChI=1S/C20H24N2O2/c1-4-16(5-2)17-9-11-22(12-10-17)14-20(24)21-19-8-6-7-18(13-19)15(3)23/h6-13,16H,4-5,14H2,1-3H3/p+1. The van der Waals surface area contributed by atoms with Gasteiger partial charge in [-0.2, -0.15) is 4.57 Å². The second-order valence-corrected chi connectivity index (χ2v) is 6.00. The Labute approximate surface area is 143 Å². The largest absolute Gasteiger partial charge is 0.321 e. The normalized spacial score (nSPS) is 10.7. The van der Waals surface area contributed by atoms with Crippen molar-refractivity contribution in [1.29, 1.82) is 0 Å². The van der Waals surface area contributed by atoms with Crippen LogP contribution >= 0.6 is 0 Å². The summed E-state index contributed by atoms with van der Waals surface area (Å²) in [6.07, 6.45) is 6.12. The van der Waals surface area contributed by atoms with E-state index in [1.165, 1.54) is 12.5 Å². The number of nitrogens with zero attached hydrogens (tertiary/aromatic N) is 1. The maximum atomic E-state index is 12.2. The molecule has 4 heteroatoms. The fourth-order valence-electron chi connectivity index (χ4n) is 2.79. The summed E-state index contributed by atoms with van der Waals surface area (Å²) in [4.78, 5) is 23.6. The van der Waals surface area contributed by atoms with Gasteiger partial charge in [-0.3, -0.25) is 9.59 Å². The van der Waals surface area contributed by atoms with Crippen molar-refractivity contribution in [2.24, 2.45) is 0 Å². The maximum absolute atomic E-state index is 12.2. The molecule has 0 unspecified atom stereocenters. The number of benzene rings is 1. The molecular weight excluding hydrogens is 300 g/mol. The molecule has 0 radical (unpaired) electrons. The third-order valence-corrected chi connectivity index (χ3v) is 4.25. The summed E-state index contributed by atoms with van der Waals surface area (Å²) in [5.41, 5.74) is 2.54. The molecule has 24 heavy (non-hydrogen) atoms. The van der Waals surface area contributed by atoms with Crippen molar-refractivity contribution in [2.75, 3.05) is 5.32 Å². The molecule has 0 atom stereocenters. The van der Waals surface area contributed by atoms with E-state index in [2.05, 4.69) is 31.3 Å². The smallest absolute Gasteiger partial charge is 0.290 e. The van der Waals surface area contributed by atoms with E-state index in [0.717, 1.165) is 12.8 Å². The van der Waals surface area contributed by atoms with Gasteiger partial charge in [-0.05, 0) is 43.4 Å². The number of hydrogen-bond donors (Lipinski definition) is 1. The molecule has 1 aromatic carbocycles. The van der Waals surface area contributed by atoms with Gasteiger partial charge in [0.2, 0.25) is 6.54 Å². The highest BCUT2D eigenvalue weighted by molar-refractivity contribution is 5.96. The Hall–Kier alpha value is -2.49. The molecule has 0 saturated carbocycles. The fraction of sp³-hybridized carbons (Fsp3) is 0.350. The second-order valence-electron chi connectivity index (χ2n) is 6.00. The van der Waals surface area contributed by atoms with Crippen LogP contribution in [0.5, 0.6) is 0 Å². The van der Waals surface area contributed by atoms with E-state index in [9.17, 15) is 9.59 Å². The number of hydrogen-bond acceptors (Lipinski definition) is 2. The lowest BCUT2D eigenvalue weighted by Crippen LogP contribution is -2.39. The first-order valence-corrected chi connectivity index (χ1v) is 8.43. The SMILES string of the molecule is CCC(CC)c1cc[n+](CC(=O)Nc2cccc(C(C)=O)c2)cc1. The summed E-state index contributed by atoms with van der Waals surface area (Å²) < 4.78 is 1.86. The van der Waals surface area contributed by atoms with Crippen LogP contribution in [0, 0.1) is 0 Å². The van der Waals surface area contributed by atoms with Crippen molar-refractivity contribution in [3.63, 3.8) is 0 Å². The van der Waals surface area contributed by atoms with Gasteiger partial charge in [0.15, 0.2) is 18.2 Å². The van der Waals surface area contributed by atoms with Crippen LogP contribution in [0.15, 0.2) is 48.8 Å². The molecule has 4 nitrogen and oxygen atoms in total. The quantitative estimate of drug-likeness (QED) is 0.623. The van der Waals surface area contributed by atoms with Gasteiger partial charge in [0.05, 0.1) is 0 Å². The highest BCUT2D eigenvalue weighted by atomic mass is 16.2. The van der Waals surface area contributed by atoms with E-state index < -0.39 is 0 Å². The van der Waals surface area contributed by atoms with Crippen LogP contribution in [-0.2, 0) is 11.3 Å². The van der Waals surface area contributed by atoms with E-state index in [4.69, 9.17) is 0 Å². The number of rotatable bonds is 7. The molecule has 0 saturated heterocycles. The van der Waals surface area contributed by atoms with Crippen molar-refractivity contribution in [3.8, 4) is 0 Å². The first kappa shape index (κ1) is 17.9. The molecule has 0 aliphatic carbocycles. The Kier molecular flexibility index (Phi) is 6.24. The van der Waals surface area contributed by atoms with Crippen molar-refractivity contribution in [1.82, 2.24) is 0 Å². The van der Waals surface area contributed by atoms with Crippen LogP contribution in [0.25, 0.3) is 0 Å². The van der Waals surface area contributed by atoms with Crippen LogP contribution in [-0.4, -0.2) is 11.7 Å². The second kappa shape index (κ2) is 8.39. The third-order valence-electron chi connectivity index (χ3n) is 4.25. The summed E-state index contributed by atoms with van der Waals surface area (Å²) in [5.74, 6) is 0.441. The number of pyridine rings is 1. The molecule has 1 heterocycles. The Balaban J connectivity index is 1.99. The monoisotopic (exact) mass is 325 g/mol. The Bertz CT molecular complexity index is 704. The molecular formula is C20H25N2O2+. The molecule has 0 bridgehead atoms. The summed E-state index contributed by atoms with van der Waals surface area (Å²) in [7, 11) is 0. The molecule has 0 spiro atoms. The van der Waals surface area contributed by atoms with Crippen molar-refractivity contribution in [3.05, 3.63) is 59.9 Å². The summed E-state index contributed by atoms with van der Waals surface area (Å²) >= 11 is 0. The third kappa shape index (κ3) is 4.75. The number of anilines is 1. The lowest BCUT2D eigenvalue weighted by atomic mass is 9.95. The number of aromatic nitrogens is 1. The first-order chi connectivity index (χ1) is 11.5. The number of carbonyl (C=O) groups is 2. The van der Waals surface area contributed by atoms with Gasteiger partial charge in [-0.15, -0.1) is 0 Å². The van der Waals surface area contributed by atoms with Gasteiger partial charge in [-0.1, -0.05) is 26.0 Å². The van der Waals surface area contributed by atoms with Gasteiger partial charge in [-0.25, -0.2) is 0 Å². The van der Waals surface area contributed by atoms with Crippen molar-refractivity contribution < 1.29 is 14.2 Å². The maximum Gasteiger partial charge on any atom is 0.290 e. The predicted octanol–water partition coefficient (Wildman–Crippen LogP) is 3.72. The summed E-state index contributed by atoms with van der Waals surface area (Å²) in [5, 5.41) is 2.83. The fourth-order valence-corrected chi connectivity index (χ4v) is 2.79. The average molecular weight is 325 g/mol. The number of amides is 1. The lowest BCUT2D eigenvalue weighted by Gasteiger charge is -2.11. The van der Waals surface area contributed by atoms with E-state index in [1.807, 2.05) is 17.0 Å². The van der Waals surface area contributed by atoms with Crippen LogP contribution in [0.4, 0.5) is 5.69 Å². The van der Waals surface area contributed by atoms with Crippen molar-refractivity contribution in [2.45, 2.75) is 46.1 Å². The first-order valence-electron chi connectivity index (χ1n) is 8.43. The highest BCUT2D eigenvalue weighted by Gasteiger charge is 2.12. The molecule has 1 aromatic heterocycles. The van der Waals surface area contributed by atoms with Gasteiger partial charge in [0.1, 0.15) is 0 Å². The van der Waals surface area contributed by atoms with Crippen LogP contribution in [0.3, 0.4) is 0 Å². The van der Waals surface area contributed by atoms with Crippen LogP contribution in [0.1, 0.15) is 55.5 Å². The minimum absolute atomic E-state index is 0.0162. The van der Waals surface area contributed by atoms with Gasteiger partial charge < -0.3 is 5.32 Å². The van der Waals surface area contributed by atoms with Crippen LogP contribution in [0.2, 0.25) is 0 Å². The predicted molar refractivity (Wildman–Crippen MR) is 95.0 cm³/mol. The zero-order valence-electron chi connectivity index (χ0n) is 14.6. The topological polar surface area (TPSA) is 50.0 Å². The number of ketones is 1. The van der Waals surface area contributed by atoms with Gasteiger partial charge >= 0.3 is 0 Å². The molecule has 0 aliphatic rings. The van der Waals surface area contributed by atoms with Gasteiger partial charge in [0, 0.05) is 23.4 Å². The van der Waals surface area contributed by atoms with Crippen molar-refractivity contribution >= 4 is 17.4 Å². The molecule has 126 valence electrons.